The first-order valence-electron chi connectivity index (χ1n) is 8.42. The van der Waals surface area contributed by atoms with Gasteiger partial charge in [-0.3, -0.25) is 10.00 Å². The monoisotopic (exact) mass is 347 g/mol. The molecule has 1 aromatic heterocycles. The second-order valence-electron chi connectivity index (χ2n) is 6.90. The lowest BCUT2D eigenvalue weighted by molar-refractivity contribution is 0.166. The highest BCUT2D eigenvalue weighted by Gasteiger charge is 2.21. The molecule has 0 saturated carbocycles. The topological polar surface area (TPSA) is 66.1 Å². The summed E-state index contributed by atoms with van der Waals surface area (Å²) in [6.45, 7) is 5.16. The molecule has 130 valence electrons. The van der Waals surface area contributed by atoms with Crippen molar-refractivity contribution in [1.29, 1.82) is 0 Å². The molecule has 3 rings (SSSR count). The molecule has 0 aliphatic carbocycles. The molecular formula is C18H25N3O2S. The molecule has 6 heteroatoms. The van der Waals surface area contributed by atoms with Crippen molar-refractivity contribution in [3.8, 4) is 0 Å². The third-order valence-electron chi connectivity index (χ3n) is 4.79. The van der Waals surface area contributed by atoms with Gasteiger partial charge in [-0.1, -0.05) is 12.1 Å². The van der Waals surface area contributed by atoms with Gasteiger partial charge in [0.05, 0.1) is 11.1 Å². The van der Waals surface area contributed by atoms with Crippen molar-refractivity contribution in [3.63, 3.8) is 0 Å². The third kappa shape index (κ3) is 4.24. The van der Waals surface area contributed by atoms with Gasteiger partial charge in [0.2, 0.25) is 0 Å². The van der Waals surface area contributed by atoms with E-state index < -0.39 is 9.84 Å². The number of aromatic amines is 1. The maximum absolute atomic E-state index is 11.5. The van der Waals surface area contributed by atoms with Crippen molar-refractivity contribution >= 4 is 9.84 Å². The number of sulfone groups is 1. The Labute approximate surface area is 144 Å². The lowest BCUT2D eigenvalue weighted by atomic mass is 9.92. The smallest absolute Gasteiger partial charge is 0.175 e. The maximum atomic E-state index is 11.5. The van der Waals surface area contributed by atoms with E-state index in [1.165, 1.54) is 35.9 Å². The molecule has 24 heavy (non-hydrogen) atoms. The van der Waals surface area contributed by atoms with Gasteiger partial charge in [-0.25, -0.2) is 8.42 Å². The summed E-state index contributed by atoms with van der Waals surface area (Å²) in [5, 5.41) is 7.23. The van der Waals surface area contributed by atoms with E-state index in [-0.39, 0.29) is 0 Å². The van der Waals surface area contributed by atoms with Gasteiger partial charge in [0.25, 0.3) is 0 Å². The first-order valence-corrected chi connectivity index (χ1v) is 10.3. The van der Waals surface area contributed by atoms with Crippen molar-refractivity contribution in [3.05, 3.63) is 47.3 Å². The summed E-state index contributed by atoms with van der Waals surface area (Å²) in [7, 11) is -3.12. The zero-order valence-electron chi connectivity index (χ0n) is 14.3. The minimum absolute atomic E-state index is 0.387. The summed E-state index contributed by atoms with van der Waals surface area (Å²) in [4.78, 5) is 2.85. The lowest BCUT2D eigenvalue weighted by Gasteiger charge is -2.32. The number of rotatable bonds is 5. The zero-order valence-corrected chi connectivity index (χ0v) is 15.1. The summed E-state index contributed by atoms with van der Waals surface area (Å²) in [5.74, 6) is 0.646. The van der Waals surface area contributed by atoms with E-state index in [4.69, 9.17) is 0 Å². The van der Waals surface area contributed by atoms with Gasteiger partial charge in [-0.2, -0.15) is 5.10 Å². The second-order valence-corrected chi connectivity index (χ2v) is 8.91. The summed E-state index contributed by atoms with van der Waals surface area (Å²) in [6, 6.07) is 7.28. The first kappa shape index (κ1) is 17.2. The molecule has 1 aromatic carbocycles. The van der Waals surface area contributed by atoms with Crippen LogP contribution < -0.4 is 0 Å². The summed E-state index contributed by atoms with van der Waals surface area (Å²) in [6.07, 6.45) is 6.64. The molecule has 0 spiro atoms. The molecule has 1 atom stereocenters. The number of nitrogens with one attached hydrogen (secondary N) is 1. The highest BCUT2D eigenvalue weighted by molar-refractivity contribution is 7.90. The molecule has 1 aliphatic heterocycles. The number of likely N-dealkylation sites (tertiary alicyclic amines) is 1. The van der Waals surface area contributed by atoms with Gasteiger partial charge >= 0.3 is 0 Å². The summed E-state index contributed by atoms with van der Waals surface area (Å²) < 4.78 is 23.1. The Bertz CT molecular complexity index is 781. The zero-order chi connectivity index (χ0) is 17.2. The number of piperidine rings is 1. The van der Waals surface area contributed by atoms with E-state index in [0.29, 0.717) is 10.8 Å². The summed E-state index contributed by atoms with van der Waals surface area (Å²) >= 11 is 0. The number of hydrogen-bond acceptors (Lipinski definition) is 4. The van der Waals surface area contributed by atoms with Crippen LogP contribution in [0.4, 0.5) is 0 Å². The minimum Gasteiger partial charge on any atom is -0.299 e. The van der Waals surface area contributed by atoms with Crippen LogP contribution in [0.3, 0.4) is 0 Å². The van der Waals surface area contributed by atoms with Crippen LogP contribution in [0.15, 0.2) is 35.4 Å². The maximum Gasteiger partial charge on any atom is 0.175 e. The van der Waals surface area contributed by atoms with Crippen LogP contribution in [0.2, 0.25) is 0 Å². The number of H-pyrrole nitrogens is 1. The van der Waals surface area contributed by atoms with Crippen molar-refractivity contribution in [1.82, 2.24) is 15.1 Å². The van der Waals surface area contributed by atoms with Gasteiger partial charge in [-0.15, -0.1) is 0 Å². The van der Waals surface area contributed by atoms with E-state index in [1.807, 2.05) is 18.3 Å². The molecule has 1 N–H and O–H groups in total. The average Bonchev–Trinajstić information content (AvgIpc) is 2.92. The molecule has 0 radical (unpaired) electrons. The van der Waals surface area contributed by atoms with Crippen molar-refractivity contribution in [2.75, 3.05) is 19.3 Å². The van der Waals surface area contributed by atoms with Crippen LogP contribution in [0.5, 0.6) is 0 Å². The Hall–Kier alpha value is -1.66. The second kappa shape index (κ2) is 7.07. The highest BCUT2D eigenvalue weighted by atomic mass is 32.2. The van der Waals surface area contributed by atoms with Crippen LogP contribution in [0, 0.1) is 12.8 Å². The van der Waals surface area contributed by atoms with Crippen LogP contribution in [-0.4, -0.2) is 42.9 Å². The number of aromatic nitrogens is 2. The SMILES string of the molecule is Cc1cn[nH]c1C[C@@H]1CCCN(Cc2ccc(S(C)(=O)=O)cc2)C1. The van der Waals surface area contributed by atoms with Crippen LogP contribution in [0.25, 0.3) is 0 Å². The molecule has 0 bridgehead atoms. The van der Waals surface area contributed by atoms with E-state index in [0.717, 1.165) is 26.1 Å². The first-order chi connectivity index (χ1) is 11.4. The molecule has 1 fully saturated rings. The third-order valence-corrected chi connectivity index (χ3v) is 5.92. The van der Waals surface area contributed by atoms with Crippen molar-refractivity contribution in [2.45, 2.75) is 37.6 Å². The number of nitrogens with zero attached hydrogens (tertiary/aromatic N) is 2. The Kier molecular flexibility index (Phi) is 5.06. The van der Waals surface area contributed by atoms with Crippen LogP contribution >= 0.6 is 0 Å². The van der Waals surface area contributed by atoms with Crippen LogP contribution in [0.1, 0.15) is 29.7 Å². The number of aryl methyl sites for hydroxylation is 1. The average molecular weight is 347 g/mol. The van der Waals surface area contributed by atoms with E-state index in [1.54, 1.807) is 12.1 Å². The van der Waals surface area contributed by atoms with E-state index in [9.17, 15) is 8.42 Å². The fourth-order valence-corrected chi connectivity index (χ4v) is 4.06. The molecular weight excluding hydrogens is 322 g/mol. The van der Waals surface area contributed by atoms with Gasteiger partial charge < -0.3 is 0 Å². The Morgan fingerprint density at radius 3 is 2.67 bits per heavy atom. The van der Waals surface area contributed by atoms with Crippen LogP contribution in [-0.2, 0) is 22.8 Å². The van der Waals surface area contributed by atoms with Gasteiger partial charge in [0.1, 0.15) is 0 Å². The molecule has 0 amide bonds. The van der Waals surface area contributed by atoms with Gasteiger partial charge in [0, 0.05) is 25.0 Å². The standard InChI is InChI=1S/C18H25N3O2S/c1-14-11-19-20-18(14)10-16-4-3-9-21(13-16)12-15-5-7-17(8-6-15)24(2,22)23/h5-8,11,16H,3-4,9-10,12-13H2,1-2H3,(H,19,20)/t16-/m0/s1. The molecule has 1 aliphatic rings. The van der Waals surface area contributed by atoms with E-state index >= 15 is 0 Å². The number of benzene rings is 1. The predicted octanol–water partition coefficient (Wildman–Crippen LogP) is 2.58. The molecule has 2 aromatic rings. The van der Waals surface area contributed by atoms with Gasteiger partial charge in [0.15, 0.2) is 9.84 Å². The molecule has 0 unspecified atom stereocenters. The van der Waals surface area contributed by atoms with Gasteiger partial charge in [-0.05, 0) is 61.9 Å². The molecule has 5 nitrogen and oxygen atoms in total. The summed E-state index contributed by atoms with van der Waals surface area (Å²) in [5.41, 5.74) is 3.66. The predicted molar refractivity (Wildman–Crippen MR) is 94.6 cm³/mol. The fraction of sp³-hybridized carbons (Fsp3) is 0.500. The fourth-order valence-electron chi connectivity index (χ4n) is 3.43. The quantitative estimate of drug-likeness (QED) is 0.903. The largest absolute Gasteiger partial charge is 0.299 e. The minimum atomic E-state index is -3.12. The Morgan fingerprint density at radius 2 is 2.04 bits per heavy atom. The Morgan fingerprint density at radius 1 is 1.29 bits per heavy atom. The lowest BCUT2D eigenvalue weighted by Crippen LogP contribution is -2.35. The number of hydrogen-bond donors (Lipinski definition) is 1. The molecule has 2 heterocycles. The van der Waals surface area contributed by atoms with Crippen molar-refractivity contribution in [2.24, 2.45) is 5.92 Å². The Balaban J connectivity index is 1.60. The van der Waals surface area contributed by atoms with Crippen molar-refractivity contribution < 1.29 is 8.42 Å². The highest BCUT2D eigenvalue weighted by Crippen LogP contribution is 2.23. The molecule has 1 saturated heterocycles. The normalized spacial score (nSPS) is 19.5. The van der Waals surface area contributed by atoms with E-state index in [2.05, 4.69) is 22.0 Å².